The Balaban J connectivity index is 2.15. The molecule has 92 valence electrons. The highest BCUT2D eigenvalue weighted by Crippen LogP contribution is 2.19. The molecular weight excluding hydrogens is 248 g/mol. The average molecular weight is 260 g/mol. The zero-order valence-electron chi connectivity index (χ0n) is 9.75. The lowest BCUT2D eigenvalue weighted by atomic mass is 10.3. The number of nitrogens with two attached hydrogens (primary N) is 1. The van der Waals surface area contributed by atoms with Gasteiger partial charge >= 0.3 is 0 Å². The van der Waals surface area contributed by atoms with E-state index in [2.05, 4.69) is 15.3 Å². The first-order valence-corrected chi connectivity index (χ1v) is 5.63. The zero-order chi connectivity index (χ0) is 13.0. The summed E-state index contributed by atoms with van der Waals surface area (Å²) in [5.74, 6) is 1.39. The van der Waals surface area contributed by atoms with Crippen molar-refractivity contribution in [2.75, 3.05) is 12.4 Å². The van der Waals surface area contributed by atoms with Crippen LogP contribution >= 0.6 is 12.2 Å². The van der Waals surface area contributed by atoms with Crippen LogP contribution < -0.4 is 15.8 Å². The minimum Gasteiger partial charge on any atom is -0.497 e. The molecule has 0 radical (unpaired) electrons. The molecule has 0 aliphatic rings. The first kappa shape index (κ1) is 12.3. The molecule has 0 amide bonds. The van der Waals surface area contributed by atoms with E-state index in [-0.39, 0.29) is 4.99 Å². The molecular formula is C12H12N4OS. The smallest absolute Gasteiger partial charge is 0.148 e. The maximum Gasteiger partial charge on any atom is 0.148 e. The summed E-state index contributed by atoms with van der Waals surface area (Å²) in [6, 6.07) is 7.53. The first-order chi connectivity index (χ1) is 8.69. The van der Waals surface area contributed by atoms with Crippen molar-refractivity contribution in [2.24, 2.45) is 5.73 Å². The summed E-state index contributed by atoms with van der Waals surface area (Å²) in [5, 5.41) is 3.11. The predicted molar refractivity (Wildman–Crippen MR) is 74.2 cm³/mol. The molecule has 0 aliphatic carbocycles. The van der Waals surface area contributed by atoms with Gasteiger partial charge in [-0.1, -0.05) is 18.3 Å². The molecule has 5 nitrogen and oxygen atoms in total. The molecule has 1 heterocycles. The van der Waals surface area contributed by atoms with Crippen molar-refractivity contribution in [3.63, 3.8) is 0 Å². The molecule has 0 saturated heterocycles. The minimum atomic E-state index is 0.232. The fourth-order valence-corrected chi connectivity index (χ4v) is 1.47. The molecule has 0 unspecified atom stereocenters. The molecule has 6 heteroatoms. The van der Waals surface area contributed by atoms with Gasteiger partial charge in [0.15, 0.2) is 0 Å². The Morgan fingerprint density at radius 1 is 1.33 bits per heavy atom. The highest BCUT2D eigenvalue weighted by Gasteiger charge is 2.01. The lowest BCUT2D eigenvalue weighted by molar-refractivity contribution is 0.415. The van der Waals surface area contributed by atoms with Gasteiger partial charge in [0, 0.05) is 11.8 Å². The van der Waals surface area contributed by atoms with Gasteiger partial charge in [-0.3, -0.25) is 0 Å². The highest BCUT2D eigenvalue weighted by atomic mass is 32.1. The van der Waals surface area contributed by atoms with Gasteiger partial charge < -0.3 is 15.8 Å². The molecule has 1 aromatic carbocycles. The van der Waals surface area contributed by atoms with Crippen LogP contribution in [-0.2, 0) is 0 Å². The Kier molecular flexibility index (Phi) is 3.69. The summed E-state index contributed by atoms with van der Waals surface area (Å²) in [7, 11) is 1.62. The number of methoxy groups -OCH3 is 1. The highest BCUT2D eigenvalue weighted by molar-refractivity contribution is 7.80. The van der Waals surface area contributed by atoms with E-state index in [9.17, 15) is 0 Å². The lowest BCUT2D eigenvalue weighted by Crippen LogP contribution is -2.12. The van der Waals surface area contributed by atoms with Crippen LogP contribution in [0.3, 0.4) is 0 Å². The summed E-state index contributed by atoms with van der Waals surface area (Å²) < 4.78 is 5.13. The van der Waals surface area contributed by atoms with Gasteiger partial charge in [0.05, 0.1) is 19.5 Å². The molecule has 0 bridgehead atoms. The Morgan fingerprint density at radius 3 is 2.78 bits per heavy atom. The van der Waals surface area contributed by atoms with Crippen molar-refractivity contribution in [2.45, 2.75) is 0 Å². The third kappa shape index (κ3) is 2.92. The van der Waals surface area contributed by atoms with E-state index in [1.807, 2.05) is 24.3 Å². The largest absolute Gasteiger partial charge is 0.497 e. The normalized spacial score (nSPS) is 9.83. The molecule has 0 aliphatic heterocycles. The summed E-state index contributed by atoms with van der Waals surface area (Å²) in [4.78, 5) is 8.50. The van der Waals surface area contributed by atoms with Crippen LogP contribution in [0.5, 0.6) is 5.75 Å². The number of aromatic nitrogens is 2. The van der Waals surface area contributed by atoms with Crippen LogP contribution in [0, 0.1) is 0 Å². The van der Waals surface area contributed by atoms with Crippen molar-refractivity contribution >= 4 is 28.7 Å². The van der Waals surface area contributed by atoms with Crippen molar-refractivity contribution in [1.82, 2.24) is 9.97 Å². The van der Waals surface area contributed by atoms with Gasteiger partial charge in [-0.25, -0.2) is 9.97 Å². The topological polar surface area (TPSA) is 73.1 Å². The zero-order valence-corrected chi connectivity index (χ0v) is 10.6. The third-order valence-corrected chi connectivity index (χ3v) is 2.46. The quantitative estimate of drug-likeness (QED) is 0.817. The van der Waals surface area contributed by atoms with Gasteiger partial charge in [0.1, 0.15) is 22.2 Å². The number of anilines is 2. The van der Waals surface area contributed by atoms with E-state index >= 15 is 0 Å². The van der Waals surface area contributed by atoms with Crippen LogP contribution in [0.25, 0.3) is 0 Å². The molecule has 0 spiro atoms. The Morgan fingerprint density at radius 2 is 2.17 bits per heavy atom. The number of rotatable bonds is 4. The Bertz CT molecular complexity index is 556. The molecule has 0 atom stereocenters. The van der Waals surface area contributed by atoms with Crippen molar-refractivity contribution < 1.29 is 4.74 Å². The summed E-state index contributed by atoms with van der Waals surface area (Å²) in [5.41, 5.74) is 6.81. The SMILES string of the molecule is COc1cccc(Nc2cnc(C(N)=S)cn2)c1. The maximum absolute atomic E-state index is 5.45. The number of ether oxygens (including phenoxy) is 1. The minimum absolute atomic E-state index is 0.232. The van der Waals surface area contributed by atoms with E-state index < -0.39 is 0 Å². The number of nitrogens with one attached hydrogen (secondary N) is 1. The second-order valence-corrected chi connectivity index (χ2v) is 3.95. The Labute approximate surface area is 110 Å². The van der Waals surface area contributed by atoms with Crippen molar-refractivity contribution in [1.29, 1.82) is 0 Å². The second kappa shape index (κ2) is 5.42. The molecule has 18 heavy (non-hydrogen) atoms. The summed E-state index contributed by atoms with van der Waals surface area (Å²) in [6.07, 6.45) is 3.11. The number of benzene rings is 1. The van der Waals surface area contributed by atoms with Crippen LogP contribution in [0.1, 0.15) is 5.69 Å². The standard InChI is InChI=1S/C12H12N4OS/c1-17-9-4-2-3-8(5-9)16-11-7-14-10(6-15-11)12(13)18/h2-7H,1H3,(H2,13,18)(H,15,16). The average Bonchev–Trinajstić information content (AvgIpc) is 2.39. The molecule has 3 N–H and O–H groups in total. The molecule has 2 aromatic rings. The van der Waals surface area contributed by atoms with Gasteiger partial charge in [0.2, 0.25) is 0 Å². The van der Waals surface area contributed by atoms with Crippen LogP contribution in [0.4, 0.5) is 11.5 Å². The lowest BCUT2D eigenvalue weighted by Gasteiger charge is -2.07. The van der Waals surface area contributed by atoms with Crippen LogP contribution in [0.15, 0.2) is 36.7 Å². The van der Waals surface area contributed by atoms with Gasteiger partial charge in [0.25, 0.3) is 0 Å². The molecule has 1 aromatic heterocycles. The van der Waals surface area contributed by atoms with E-state index in [1.54, 1.807) is 13.3 Å². The fraction of sp³-hybridized carbons (Fsp3) is 0.0833. The van der Waals surface area contributed by atoms with Crippen molar-refractivity contribution in [3.8, 4) is 5.75 Å². The van der Waals surface area contributed by atoms with E-state index in [4.69, 9.17) is 22.7 Å². The van der Waals surface area contributed by atoms with E-state index in [1.165, 1.54) is 6.20 Å². The van der Waals surface area contributed by atoms with Crippen LogP contribution in [-0.4, -0.2) is 22.1 Å². The van der Waals surface area contributed by atoms with Crippen LogP contribution in [0.2, 0.25) is 0 Å². The van der Waals surface area contributed by atoms with E-state index in [0.717, 1.165) is 11.4 Å². The second-order valence-electron chi connectivity index (χ2n) is 3.51. The third-order valence-electron chi connectivity index (χ3n) is 2.25. The summed E-state index contributed by atoms with van der Waals surface area (Å²) >= 11 is 4.81. The van der Waals surface area contributed by atoms with E-state index in [0.29, 0.717) is 11.5 Å². The number of hydrogen-bond donors (Lipinski definition) is 2. The Hall–Kier alpha value is -2.21. The number of hydrogen-bond acceptors (Lipinski definition) is 5. The molecule has 2 rings (SSSR count). The van der Waals surface area contributed by atoms with Crippen molar-refractivity contribution in [3.05, 3.63) is 42.4 Å². The fourth-order valence-electron chi connectivity index (χ4n) is 1.37. The molecule has 0 saturated carbocycles. The van der Waals surface area contributed by atoms with Gasteiger partial charge in [-0.05, 0) is 12.1 Å². The number of thiocarbonyl (C=S) groups is 1. The van der Waals surface area contributed by atoms with Gasteiger partial charge in [-0.2, -0.15) is 0 Å². The monoisotopic (exact) mass is 260 g/mol. The van der Waals surface area contributed by atoms with Gasteiger partial charge in [-0.15, -0.1) is 0 Å². The maximum atomic E-state index is 5.45. The summed E-state index contributed by atoms with van der Waals surface area (Å²) in [6.45, 7) is 0. The first-order valence-electron chi connectivity index (χ1n) is 5.22. The predicted octanol–water partition coefficient (Wildman–Crippen LogP) is 1.86. The molecule has 0 fully saturated rings. The number of nitrogens with zero attached hydrogens (tertiary/aromatic N) is 2.